The molecule has 2 aromatic heterocycles. The molecule has 0 amide bonds. The molecule has 1 aliphatic heterocycles. The summed E-state index contributed by atoms with van der Waals surface area (Å²) >= 11 is 0. The molecule has 0 radical (unpaired) electrons. The first-order chi connectivity index (χ1) is 11.8. The van der Waals surface area contributed by atoms with Crippen LogP contribution in [0.2, 0.25) is 0 Å². The lowest BCUT2D eigenvalue weighted by atomic mass is 10.2. The fourth-order valence-electron chi connectivity index (χ4n) is 3.16. The van der Waals surface area contributed by atoms with Crippen LogP contribution in [0.25, 0.3) is 11.3 Å². The largest absolute Gasteiger partial charge is 0.439 e. The summed E-state index contributed by atoms with van der Waals surface area (Å²) < 4.78 is 20.7. The van der Waals surface area contributed by atoms with Gasteiger partial charge in [0.1, 0.15) is 18.5 Å². The zero-order valence-corrected chi connectivity index (χ0v) is 13.2. The number of halogens is 1. The van der Waals surface area contributed by atoms with E-state index in [-0.39, 0.29) is 5.82 Å². The number of hydrogen-bond donors (Lipinski definition) is 0. The zero-order valence-electron chi connectivity index (χ0n) is 13.2. The SMILES string of the molecule is Fc1ccc(-c2cnc(CN3CCCC3Cn3cncn3)o2)cc1. The Hall–Kier alpha value is -2.54. The smallest absolute Gasteiger partial charge is 0.209 e. The summed E-state index contributed by atoms with van der Waals surface area (Å²) in [6, 6.07) is 6.65. The Morgan fingerprint density at radius 2 is 2.12 bits per heavy atom. The van der Waals surface area contributed by atoms with Gasteiger partial charge >= 0.3 is 0 Å². The quantitative estimate of drug-likeness (QED) is 0.721. The highest BCUT2D eigenvalue weighted by Gasteiger charge is 2.26. The highest BCUT2D eigenvalue weighted by molar-refractivity contribution is 5.55. The Morgan fingerprint density at radius 1 is 1.25 bits per heavy atom. The number of aromatic nitrogens is 4. The van der Waals surface area contributed by atoms with Crippen molar-refractivity contribution in [3.63, 3.8) is 0 Å². The number of hydrogen-bond acceptors (Lipinski definition) is 5. The molecule has 3 aromatic rings. The second-order valence-corrected chi connectivity index (χ2v) is 6.01. The van der Waals surface area contributed by atoms with Crippen molar-refractivity contribution in [3.05, 3.63) is 54.8 Å². The van der Waals surface area contributed by atoms with Crippen LogP contribution in [-0.2, 0) is 13.1 Å². The molecule has 1 fully saturated rings. The molecule has 7 heteroatoms. The number of likely N-dealkylation sites (tertiary alicyclic amines) is 1. The maximum atomic E-state index is 13.0. The third-order valence-corrected chi connectivity index (χ3v) is 4.38. The number of benzene rings is 1. The molecule has 0 saturated carbocycles. The Balaban J connectivity index is 1.44. The standard InChI is InChI=1S/C17H18FN5O/c18-14-5-3-13(4-6-14)16-8-20-17(24-16)10-22-7-1-2-15(22)9-23-12-19-11-21-23/h3-6,8,11-12,15H,1-2,7,9-10H2. The van der Waals surface area contributed by atoms with Gasteiger partial charge in [0.25, 0.3) is 0 Å². The summed E-state index contributed by atoms with van der Waals surface area (Å²) in [5.41, 5.74) is 0.829. The van der Waals surface area contributed by atoms with Crippen molar-refractivity contribution in [1.29, 1.82) is 0 Å². The minimum Gasteiger partial charge on any atom is -0.439 e. The monoisotopic (exact) mass is 327 g/mol. The van der Waals surface area contributed by atoms with Gasteiger partial charge in [-0.05, 0) is 43.7 Å². The Morgan fingerprint density at radius 3 is 2.92 bits per heavy atom. The van der Waals surface area contributed by atoms with Crippen LogP contribution >= 0.6 is 0 Å². The van der Waals surface area contributed by atoms with E-state index in [0.29, 0.717) is 24.2 Å². The van der Waals surface area contributed by atoms with E-state index in [9.17, 15) is 4.39 Å². The molecule has 4 rings (SSSR count). The fourth-order valence-corrected chi connectivity index (χ4v) is 3.16. The highest BCUT2D eigenvalue weighted by atomic mass is 19.1. The van der Waals surface area contributed by atoms with Crippen molar-refractivity contribution in [2.45, 2.75) is 32.0 Å². The van der Waals surface area contributed by atoms with E-state index >= 15 is 0 Å². The lowest BCUT2D eigenvalue weighted by molar-refractivity contribution is 0.200. The van der Waals surface area contributed by atoms with Crippen LogP contribution < -0.4 is 0 Å². The van der Waals surface area contributed by atoms with E-state index in [4.69, 9.17) is 4.42 Å². The van der Waals surface area contributed by atoms with Crippen LogP contribution in [0.4, 0.5) is 4.39 Å². The summed E-state index contributed by atoms with van der Waals surface area (Å²) in [6.45, 7) is 2.51. The first-order valence-corrected chi connectivity index (χ1v) is 8.05. The third-order valence-electron chi connectivity index (χ3n) is 4.38. The topological polar surface area (TPSA) is 60.0 Å². The van der Waals surface area contributed by atoms with Gasteiger partial charge in [0.2, 0.25) is 5.89 Å². The van der Waals surface area contributed by atoms with E-state index in [1.54, 1.807) is 31.0 Å². The van der Waals surface area contributed by atoms with Gasteiger partial charge in [-0.25, -0.2) is 14.4 Å². The first-order valence-electron chi connectivity index (χ1n) is 8.05. The van der Waals surface area contributed by atoms with Crippen molar-refractivity contribution >= 4 is 0 Å². The molecule has 24 heavy (non-hydrogen) atoms. The van der Waals surface area contributed by atoms with Crippen molar-refractivity contribution in [3.8, 4) is 11.3 Å². The van der Waals surface area contributed by atoms with Gasteiger partial charge in [-0.15, -0.1) is 0 Å². The van der Waals surface area contributed by atoms with Gasteiger partial charge in [0.15, 0.2) is 5.76 Å². The predicted octanol–water partition coefficient (Wildman–Crippen LogP) is 2.74. The summed E-state index contributed by atoms with van der Waals surface area (Å²) in [5, 5.41) is 4.18. The fraction of sp³-hybridized carbons (Fsp3) is 0.353. The lowest BCUT2D eigenvalue weighted by Crippen LogP contribution is -2.32. The second kappa shape index (κ2) is 6.52. The third kappa shape index (κ3) is 3.21. The normalized spacial score (nSPS) is 18.3. The molecule has 1 unspecified atom stereocenters. The molecule has 1 atom stereocenters. The molecule has 3 heterocycles. The van der Waals surface area contributed by atoms with Gasteiger partial charge in [0.05, 0.1) is 19.3 Å². The zero-order chi connectivity index (χ0) is 16.4. The van der Waals surface area contributed by atoms with Crippen LogP contribution in [0.15, 0.2) is 47.5 Å². The molecular weight excluding hydrogens is 309 g/mol. The van der Waals surface area contributed by atoms with E-state index in [2.05, 4.69) is 20.0 Å². The first kappa shape index (κ1) is 15.0. The van der Waals surface area contributed by atoms with Crippen molar-refractivity contribution in [1.82, 2.24) is 24.6 Å². The van der Waals surface area contributed by atoms with E-state index < -0.39 is 0 Å². The molecule has 0 bridgehead atoms. The molecule has 0 aliphatic carbocycles. The average Bonchev–Trinajstić information content (AvgIpc) is 3.32. The van der Waals surface area contributed by atoms with Crippen LogP contribution in [0, 0.1) is 5.82 Å². The van der Waals surface area contributed by atoms with Crippen molar-refractivity contribution < 1.29 is 8.81 Å². The van der Waals surface area contributed by atoms with E-state index in [0.717, 1.165) is 31.5 Å². The molecule has 0 spiro atoms. The Bertz CT molecular complexity index is 784. The number of oxazole rings is 1. The lowest BCUT2D eigenvalue weighted by Gasteiger charge is -2.22. The number of rotatable bonds is 5. The van der Waals surface area contributed by atoms with Gasteiger partial charge < -0.3 is 4.42 Å². The predicted molar refractivity (Wildman–Crippen MR) is 85.4 cm³/mol. The molecule has 1 aromatic carbocycles. The van der Waals surface area contributed by atoms with Crippen molar-refractivity contribution in [2.24, 2.45) is 0 Å². The molecular formula is C17H18FN5O. The van der Waals surface area contributed by atoms with Crippen LogP contribution in [0.1, 0.15) is 18.7 Å². The van der Waals surface area contributed by atoms with Crippen molar-refractivity contribution in [2.75, 3.05) is 6.54 Å². The van der Waals surface area contributed by atoms with E-state index in [1.807, 2.05) is 4.68 Å². The summed E-state index contributed by atoms with van der Waals surface area (Å²) in [4.78, 5) is 10.7. The average molecular weight is 327 g/mol. The van der Waals surface area contributed by atoms with Crippen LogP contribution in [0.3, 0.4) is 0 Å². The molecule has 1 aliphatic rings. The molecule has 1 saturated heterocycles. The molecule has 0 N–H and O–H groups in total. The number of nitrogens with zero attached hydrogens (tertiary/aromatic N) is 5. The summed E-state index contributed by atoms with van der Waals surface area (Å²) in [6.07, 6.45) is 7.29. The molecule has 6 nitrogen and oxygen atoms in total. The van der Waals surface area contributed by atoms with Gasteiger partial charge in [0, 0.05) is 11.6 Å². The maximum absolute atomic E-state index is 13.0. The Labute approximate surface area is 138 Å². The van der Waals surface area contributed by atoms with Gasteiger partial charge in [-0.3, -0.25) is 9.58 Å². The molecule has 124 valence electrons. The summed E-state index contributed by atoms with van der Waals surface area (Å²) in [5.74, 6) is 1.09. The summed E-state index contributed by atoms with van der Waals surface area (Å²) in [7, 11) is 0. The minimum atomic E-state index is -0.258. The maximum Gasteiger partial charge on any atom is 0.209 e. The van der Waals surface area contributed by atoms with E-state index in [1.165, 1.54) is 12.1 Å². The minimum absolute atomic E-state index is 0.258. The Kier molecular flexibility index (Phi) is 4.08. The van der Waals surface area contributed by atoms with Gasteiger partial charge in [-0.1, -0.05) is 0 Å². The second-order valence-electron chi connectivity index (χ2n) is 6.01. The van der Waals surface area contributed by atoms with Gasteiger partial charge in [-0.2, -0.15) is 5.10 Å². The van der Waals surface area contributed by atoms with Crippen LogP contribution in [-0.4, -0.2) is 37.2 Å². The highest BCUT2D eigenvalue weighted by Crippen LogP contribution is 2.24. The van der Waals surface area contributed by atoms with Crippen LogP contribution in [0.5, 0.6) is 0 Å².